The summed E-state index contributed by atoms with van der Waals surface area (Å²) < 4.78 is 0. The summed E-state index contributed by atoms with van der Waals surface area (Å²) >= 11 is 0. The van der Waals surface area contributed by atoms with E-state index in [0.29, 0.717) is 11.3 Å². The average molecular weight is 195 g/mol. The molecular formula is C13H25N. The minimum absolute atomic E-state index is 0.160. The van der Waals surface area contributed by atoms with Gasteiger partial charge >= 0.3 is 0 Å². The summed E-state index contributed by atoms with van der Waals surface area (Å²) in [5, 5.41) is 0. The topological polar surface area (TPSA) is 26.0 Å². The van der Waals surface area contributed by atoms with Crippen molar-refractivity contribution in [2.24, 2.45) is 17.1 Å². The van der Waals surface area contributed by atoms with Crippen molar-refractivity contribution in [3.63, 3.8) is 0 Å². The molecule has 1 saturated carbocycles. The quantitative estimate of drug-likeness (QED) is 0.503. The van der Waals surface area contributed by atoms with Gasteiger partial charge in [0.1, 0.15) is 0 Å². The summed E-state index contributed by atoms with van der Waals surface area (Å²) in [5.74, 6) is 0.559. The van der Waals surface area contributed by atoms with Gasteiger partial charge in [-0.1, -0.05) is 39.3 Å². The van der Waals surface area contributed by atoms with Crippen molar-refractivity contribution in [1.29, 1.82) is 0 Å². The number of nitrogens with two attached hydrogens (primary N) is 1. The third kappa shape index (κ3) is 2.03. The fraction of sp³-hybridized carbons (Fsp3) is 0.846. The van der Waals surface area contributed by atoms with Gasteiger partial charge in [0, 0.05) is 5.54 Å². The zero-order valence-corrected chi connectivity index (χ0v) is 10.2. The molecule has 2 N–H and O–H groups in total. The summed E-state index contributed by atoms with van der Waals surface area (Å²) in [4.78, 5) is 0. The van der Waals surface area contributed by atoms with Crippen LogP contribution in [0.2, 0.25) is 0 Å². The van der Waals surface area contributed by atoms with Crippen molar-refractivity contribution in [1.82, 2.24) is 0 Å². The zero-order valence-electron chi connectivity index (χ0n) is 10.2. The maximum atomic E-state index is 6.34. The molecule has 0 aliphatic heterocycles. The Labute approximate surface area is 88.8 Å². The van der Waals surface area contributed by atoms with Crippen molar-refractivity contribution in [2.45, 2.75) is 58.9 Å². The fourth-order valence-corrected chi connectivity index (χ4v) is 2.31. The molecule has 1 aliphatic rings. The van der Waals surface area contributed by atoms with Crippen molar-refractivity contribution < 1.29 is 0 Å². The Bertz CT molecular complexity index is 229. The van der Waals surface area contributed by atoms with Crippen LogP contribution in [0.5, 0.6) is 0 Å². The Morgan fingerprint density at radius 2 is 2.07 bits per heavy atom. The molecule has 3 atom stereocenters. The van der Waals surface area contributed by atoms with E-state index in [4.69, 9.17) is 5.73 Å². The van der Waals surface area contributed by atoms with Gasteiger partial charge in [0.25, 0.3) is 0 Å². The molecule has 0 saturated heterocycles. The maximum Gasteiger partial charge on any atom is 0.0363 e. The third-order valence-corrected chi connectivity index (χ3v) is 4.46. The first-order valence-corrected chi connectivity index (χ1v) is 5.79. The zero-order chi connectivity index (χ0) is 11.0. The smallest absolute Gasteiger partial charge is 0.0363 e. The first-order chi connectivity index (χ1) is 6.32. The lowest BCUT2D eigenvalue weighted by Gasteiger charge is -2.32. The molecule has 82 valence electrons. The van der Waals surface area contributed by atoms with Gasteiger partial charge in [-0.15, -0.1) is 0 Å². The van der Waals surface area contributed by atoms with E-state index in [0.717, 1.165) is 6.42 Å². The second-order valence-electron chi connectivity index (χ2n) is 5.67. The van der Waals surface area contributed by atoms with Crippen LogP contribution in [0.15, 0.2) is 12.2 Å². The highest BCUT2D eigenvalue weighted by Crippen LogP contribution is 2.44. The van der Waals surface area contributed by atoms with Crippen LogP contribution in [0, 0.1) is 11.3 Å². The monoisotopic (exact) mass is 195 g/mol. The van der Waals surface area contributed by atoms with E-state index in [2.05, 4.69) is 34.3 Å². The molecule has 0 aromatic carbocycles. The standard InChI is InChI=1S/C13H25N/c1-6-12(4)8-7-10(2)13(5,14)11(3)9-12/h10H,3,6-9,14H2,1-2,4-5H3. The maximum absolute atomic E-state index is 6.34. The van der Waals surface area contributed by atoms with Gasteiger partial charge in [-0.3, -0.25) is 0 Å². The number of hydrogen-bond donors (Lipinski definition) is 1. The lowest BCUT2D eigenvalue weighted by Crippen LogP contribution is -2.43. The Balaban J connectivity index is 2.89. The van der Waals surface area contributed by atoms with Crippen LogP contribution in [0.25, 0.3) is 0 Å². The molecule has 1 heteroatoms. The van der Waals surface area contributed by atoms with E-state index < -0.39 is 0 Å². The third-order valence-electron chi connectivity index (χ3n) is 4.46. The molecule has 0 radical (unpaired) electrons. The molecule has 1 nitrogen and oxygen atoms in total. The average Bonchev–Trinajstić information content (AvgIpc) is 2.19. The predicted molar refractivity (Wildman–Crippen MR) is 63.1 cm³/mol. The summed E-state index contributed by atoms with van der Waals surface area (Å²) in [6.07, 6.45) is 4.85. The van der Waals surface area contributed by atoms with E-state index in [1.54, 1.807) is 0 Å². The molecule has 1 rings (SSSR count). The van der Waals surface area contributed by atoms with Gasteiger partial charge in [0.05, 0.1) is 0 Å². The minimum Gasteiger partial charge on any atom is -0.322 e. The van der Waals surface area contributed by atoms with Gasteiger partial charge in [-0.2, -0.15) is 0 Å². The van der Waals surface area contributed by atoms with Crippen LogP contribution >= 0.6 is 0 Å². The molecule has 0 aromatic rings. The Morgan fingerprint density at radius 3 is 2.57 bits per heavy atom. The minimum atomic E-state index is -0.160. The van der Waals surface area contributed by atoms with Gasteiger partial charge in [-0.25, -0.2) is 0 Å². The molecule has 1 aliphatic carbocycles. The highest BCUT2D eigenvalue weighted by molar-refractivity contribution is 5.19. The Hall–Kier alpha value is -0.300. The van der Waals surface area contributed by atoms with Crippen LogP contribution in [0.1, 0.15) is 53.4 Å². The van der Waals surface area contributed by atoms with E-state index in [-0.39, 0.29) is 5.54 Å². The van der Waals surface area contributed by atoms with Crippen molar-refractivity contribution in [3.8, 4) is 0 Å². The summed E-state index contributed by atoms with van der Waals surface area (Å²) in [7, 11) is 0. The van der Waals surface area contributed by atoms with Crippen molar-refractivity contribution in [3.05, 3.63) is 12.2 Å². The highest BCUT2D eigenvalue weighted by atomic mass is 14.8. The van der Waals surface area contributed by atoms with Crippen LogP contribution in [0.4, 0.5) is 0 Å². The second kappa shape index (κ2) is 3.69. The van der Waals surface area contributed by atoms with Crippen LogP contribution < -0.4 is 5.73 Å². The SMILES string of the molecule is C=C1CC(C)(CC)CCC(C)C1(C)N. The predicted octanol–water partition coefficient (Wildman–Crippen LogP) is 3.50. The largest absolute Gasteiger partial charge is 0.322 e. The second-order valence-corrected chi connectivity index (χ2v) is 5.67. The molecule has 0 aromatic heterocycles. The van der Waals surface area contributed by atoms with Gasteiger partial charge < -0.3 is 5.73 Å². The molecular weight excluding hydrogens is 170 g/mol. The number of hydrogen-bond acceptors (Lipinski definition) is 1. The first kappa shape index (κ1) is 11.8. The lowest BCUT2D eigenvalue weighted by atomic mass is 9.77. The van der Waals surface area contributed by atoms with Crippen molar-refractivity contribution in [2.75, 3.05) is 0 Å². The van der Waals surface area contributed by atoms with Crippen LogP contribution in [-0.2, 0) is 0 Å². The molecule has 0 heterocycles. The molecule has 0 amide bonds. The highest BCUT2D eigenvalue weighted by Gasteiger charge is 2.38. The summed E-state index contributed by atoms with van der Waals surface area (Å²) in [6.45, 7) is 13.2. The number of rotatable bonds is 1. The Morgan fingerprint density at radius 1 is 1.50 bits per heavy atom. The van der Waals surface area contributed by atoms with E-state index in [1.807, 2.05) is 0 Å². The fourth-order valence-electron chi connectivity index (χ4n) is 2.31. The summed E-state index contributed by atoms with van der Waals surface area (Å²) in [6, 6.07) is 0. The van der Waals surface area contributed by atoms with Gasteiger partial charge in [0.15, 0.2) is 0 Å². The van der Waals surface area contributed by atoms with Crippen molar-refractivity contribution >= 4 is 0 Å². The van der Waals surface area contributed by atoms with Gasteiger partial charge in [-0.05, 0) is 37.5 Å². The lowest BCUT2D eigenvalue weighted by molar-refractivity contribution is 0.274. The molecule has 14 heavy (non-hydrogen) atoms. The van der Waals surface area contributed by atoms with Crippen LogP contribution in [-0.4, -0.2) is 5.54 Å². The first-order valence-electron chi connectivity index (χ1n) is 5.79. The molecule has 0 bridgehead atoms. The van der Waals surface area contributed by atoms with Crippen LogP contribution in [0.3, 0.4) is 0 Å². The normalized spacial score (nSPS) is 44.9. The molecule has 3 unspecified atom stereocenters. The van der Waals surface area contributed by atoms with E-state index in [1.165, 1.54) is 24.8 Å². The van der Waals surface area contributed by atoms with E-state index >= 15 is 0 Å². The van der Waals surface area contributed by atoms with Gasteiger partial charge in [0.2, 0.25) is 0 Å². The Kier molecular flexibility index (Phi) is 3.10. The molecule has 0 spiro atoms. The summed E-state index contributed by atoms with van der Waals surface area (Å²) in [5.41, 5.74) is 7.86. The van der Waals surface area contributed by atoms with E-state index in [9.17, 15) is 0 Å². The molecule has 1 fully saturated rings.